The second-order valence-corrected chi connectivity index (χ2v) is 8.07. The van der Waals surface area contributed by atoms with Gasteiger partial charge in [0.1, 0.15) is 18.0 Å². The Labute approximate surface area is 182 Å². The molecule has 0 radical (unpaired) electrons. The molecule has 3 unspecified atom stereocenters. The normalized spacial score (nSPS) is 26.3. The molecule has 0 bridgehead atoms. The highest BCUT2D eigenvalue weighted by Crippen LogP contribution is 2.37. The van der Waals surface area contributed by atoms with Gasteiger partial charge in [0, 0.05) is 37.5 Å². The molecule has 170 valence electrons. The van der Waals surface area contributed by atoms with Gasteiger partial charge in [-0.2, -0.15) is 0 Å². The summed E-state index contributed by atoms with van der Waals surface area (Å²) in [5.74, 6) is -1.56. The molecule has 0 fully saturated rings. The van der Waals surface area contributed by atoms with Gasteiger partial charge in [-0.1, -0.05) is 6.58 Å². The topological polar surface area (TPSA) is 108 Å². The third kappa shape index (κ3) is 6.63. The number of allylic oxidation sites excluding steroid dienone is 2. The molecular weight excluding hydrogens is 404 g/mol. The van der Waals surface area contributed by atoms with E-state index in [9.17, 15) is 19.5 Å². The van der Waals surface area contributed by atoms with Gasteiger partial charge in [-0.3, -0.25) is 4.79 Å². The lowest BCUT2D eigenvalue weighted by Crippen LogP contribution is -2.38. The maximum absolute atomic E-state index is 12.6. The van der Waals surface area contributed by atoms with Crippen molar-refractivity contribution in [2.24, 2.45) is 0 Å². The summed E-state index contributed by atoms with van der Waals surface area (Å²) in [6, 6.07) is 0. The van der Waals surface area contributed by atoms with Crippen LogP contribution in [0.5, 0.6) is 0 Å². The van der Waals surface area contributed by atoms with Crippen LogP contribution >= 0.6 is 0 Å². The van der Waals surface area contributed by atoms with Crippen molar-refractivity contribution in [2.75, 3.05) is 13.2 Å². The summed E-state index contributed by atoms with van der Waals surface area (Å²) in [7, 11) is 0. The van der Waals surface area contributed by atoms with Gasteiger partial charge in [0.15, 0.2) is 0 Å². The second-order valence-electron chi connectivity index (χ2n) is 8.07. The van der Waals surface area contributed by atoms with Crippen LogP contribution in [-0.2, 0) is 33.3 Å². The van der Waals surface area contributed by atoms with Crippen molar-refractivity contribution in [3.05, 3.63) is 46.8 Å². The average molecular weight is 434 g/mol. The maximum atomic E-state index is 12.6. The Hall–Kier alpha value is -2.71. The van der Waals surface area contributed by atoms with E-state index in [-0.39, 0.29) is 36.4 Å². The summed E-state index contributed by atoms with van der Waals surface area (Å²) in [5.41, 5.74) is -0.00471. The molecule has 8 nitrogen and oxygen atoms in total. The first-order valence-corrected chi connectivity index (χ1v) is 10.1. The van der Waals surface area contributed by atoms with E-state index in [1.54, 1.807) is 32.9 Å². The highest BCUT2D eigenvalue weighted by molar-refractivity contribution is 5.95. The van der Waals surface area contributed by atoms with Gasteiger partial charge < -0.3 is 24.1 Å². The molecule has 1 aliphatic carbocycles. The molecular formula is C23H30O8. The van der Waals surface area contributed by atoms with Gasteiger partial charge in [0.2, 0.25) is 0 Å². The minimum Gasteiger partial charge on any atom is -0.458 e. The monoisotopic (exact) mass is 434 g/mol. The van der Waals surface area contributed by atoms with Crippen molar-refractivity contribution in [1.29, 1.82) is 0 Å². The van der Waals surface area contributed by atoms with Crippen molar-refractivity contribution in [1.82, 2.24) is 0 Å². The first kappa shape index (κ1) is 24.6. The molecule has 1 heterocycles. The molecule has 0 aromatic heterocycles. The van der Waals surface area contributed by atoms with E-state index in [1.165, 1.54) is 13.8 Å². The van der Waals surface area contributed by atoms with E-state index in [4.69, 9.17) is 18.9 Å². The summed E-state index contributed by atoms with van der Waals surface area (Å²) in [6.07, 6.45) is 1.58. The van der Waals surface area contributed by atoms with E-state index in [2.05, 4.69) is 6.58 Å². The number of esters is 3. The molecule has 0 amide bonds. The van der Waals surface area contributed by atoms with Gasteiger partial charge in [-0.05, 0) is 45.4 Å². The maximum Gasteiger partial charge on any atom is 0.342 e. The van der Waals surface area contributed by atoms with Crippen molar-refractivity contribution in [3.8, 4) is 0 Å². The summed E-state index contributed by atoms with van der Waals surface area (Å²) in [5, 5.41) is 11.1. The SMILES string of the molecule is C=C(C)C(=O)OC1CC(C)(O)CC(OC(C)=O)C=C(C)C=C2OC(=O)C(COCC)=C21. The smallest absolute Gasteiger partial charge is 0.342 e. The summed E-state index contributed by atoms with van der Waals surface area (Å²) >= 11 is 0. The van der Waals surface area contributed by atoms with Gasteiger partial charge in [-0.25, -0.2) is 9.59 Å². The van der Waals surface area contributed by atoms with Crippen LogP contribution in [0.3, 0.4) is 0 Å². The van der Waals surface area contributed by atoms with Crippen LogP contribution in [0.25, 0.3) is 0 Å². The second kappa shape index (κ2) is 10.1. The van der Waals surface area contributed by atoms with Crippen LogP contribution in [0.15, 0.2) is 46.8 Å². The highest BCUT2D eigenvalue weighted by Gasteiger charge is 2.41. The highest BCUT2D eigenvalue weighted by atomic mass is 16.6. The van der Waals surface area contributed by atoms with Gasteiger partial charge in [0.25, 0.3) is 0 Å². The Morgan fingerprint density at radius 2 is 1.97 bits per heavy atom. The lowest BCUT2D eigenvalue weighted by Gasteiger charge is -2.32. The quantitative estimate of drug-likeness (QED) is 0.386. The fraction of sp³-hybridized carbons (Fsp3) is 0.522. The predicted octanol–water partition coefficient (Wildman–Crippen LogP) is 2.67. The van der Waals surface area contributed by atoms with Crippen LogP contribution < -0.4 is 0 Å². The molecule has 0 aromatic rings. The number of fused-ring (bicyclic) bond motifs is 1. The lowest BCUT2D eigenvalue weighted by molar-refractivity contribution is -0.148. The predicted molar refractivity (Wildman–Crippen MR) is 112 cm³/mol. The van der Waals surface area contributed by atoms with Gasteiger partial charge in [0.05, 0.1) is 17.8 Å². The number of ether oxygens (including phenoxy) is 4. The van der Waals surface area contributed by atoms with E-state index in [0.717, 1.165) is 0 Å². The Morgan fingerprint density at radius 1 is 1.29 bits per heavy atom. The fourth-order valence-electron chi connectivity index (χ4n) is 3.52. The number of carbonyl (C=O) groups is 3. The molecule has 0 saturated carbocycles. The number of aliphatic hydroxyl groups is 1. The van der Waals surface area contributed by atoms with Gasteiger partial charge >= 0.3 is 17.9 Å². The molecule has 2 aliphatic rings. The third-order valence-electron chi connectivity index (χ3n) is 4.80. The Morgan fingerprint density at radius 3 is 2.55 bits per heavy atom. The number of carbonyl (C=O) groups excluding carboxylic acids is 3. The number of hydrogen-bond donors (Lipinski definition) is 1. The van der Waals surface area contributed by atoms with Crippen LogP contribution in [0, 0.1) is 0 Å². The zero-order valence-corrected chi connectivity index (χ0v) is 18.6. The molecule has 0 saturated heterocycles. The van der Waals surface area contributed by atoms with Crippen LogP contribution in [-0.4, -0.2) is 54.0 Å². The third-order valence-corrected chi connectivity index (χ3v) is 4.80. The zero-order valence-electron chi connectivity index (χ0n) is 18.6. The van der Waals surface area contributed by atoms with Crippen LogP contribution in [0.2, 0.25) is 0 Å². The van der Waals surface area contributed by atoms with E-state index in [1.807, 2.05) is 0 Å². The van der Waals surface area contributed by atoms with Gasteiger partial charge in [-0.15, -0.1) is 0 Å². The largest absolute Gasteiger partial charge is 0.458 e. The van der Waals surface area contributed by atoms with Crippen molar-refractivity contribution in [2.45, 2.75) is 65.3 Å². The van der Waals surface area contributed by atoms with Crippen molar-refractivity contribution < 1.29 is 38.4 Å². The summed E-state index contributed by atoms with van der Waals surface area (Å²) < 4.78 is 21.8. The van der Waals surface area contributed by atoms with Crippen LogP contribution in [0.1, 0.15) is 47.5 Å². The molecule has 1 aliphatic heterocycles. The molecule has 1 N–H and O–H groups in total. The molecule has 31 heavy (non-hydrogen) atoms. The average Bonchev–Trinajstić information content (AvgIpc) is 2.91. The standard InChI is InChI=1S/C23H30O8/c1-7-28-12-17-20-18(30-22(17)26)9-14(4)8-16(29-15(5)24)10-23(6,27)11-19(20)31-21(25)13(2)3/h8-9,16,19,27H,2,7,10-12H2,1,3-6H3. The number of rotatable bonds is 6. The molecule has 3 atom stereocenters. The molecule has 8 heteroatoms. The van der Waals surface area contributed by atoms with Crippen LogP contribution in [0.4, 0.5) is 0 Å². The first-order valence-electron chi connectivity index (χ1n) is 10.1. The Balaban J connectivity index is 2.64. The Bertz CT molecular complexity index is 859. The zero-order chi connectivity index (χ0) is 23.3. The number of hydrogen-bond acceptors (Lipinski definition) is 8. The lowest BCUT2D eigenvalue weighted by atomic mass is 9.86. The summed E-state index contributed by atoms with van der Waals surface area (Å²) in [6.45, 7) is 11.8. The van der Waals surface area contributed by atoms with E-state index >= 15 is 0 Å². The molecule has 0 aromatic carbocycles. The minimum atomic E-state index is -1.41. The van der Waals surface area contributed by atoms with E-state index < -0.39 is 35.7 Å². The first-order chi connectivity index (χ1) is 14.4. The summed E-state index contributed by atoms with van der Waals surface area (Å²) in [4.78, 5) is 36.4. The fourth-order valence-corrected chi connectivity index (χ4v) is 3.52. The minimum absolute atomic E-state index is 0.0237. The Kier molecular flexibility index (Phi) is 7.97. The molecule has 2 rings (SSSR count). The van der Waals surface area contributed by atoms with E-state index in [0.29, 0.717) is 17.8 Å². The van der Waals surface area contributed by atoms with Crippen molar-refractivity contribution >= 4 is 17.9 Å². The molecule has 0 spiro atoms. The van der Waals surface area contributed by atoms with Crippen molar-refractivity contribution in [3.63, 3.8) is 0 Å².